The first-order chi connectivity index (χ1) is 10.6. The first-order valence-corrected chi connectivity index (χ1v) is 8.51. The highest BCUT2D eigenvalue weighted by Gasteiger charge is 2.35. The van der Waals surface area contributed by atoms with Crippen molar-refractivity contribution in [1.82, 2.24) is 9.88 Å². The number of aliphatic hydroxyl groups is 1. The molecule has 0 saturated carbocycles. The Morgan fingerprint density at radius 1 is 1.32 bits per heavy atom. The Balaban J connectivity index is 2.07. The first-order valence-electron chi connectivity index (χ1n) is 8.51. The van der Waals surface area contributed by atoms with E-state index in [0.717, 1.165) is 37.8 Å². The molecule has 0 aliphatic carbocycles. The van der Waals surface area contributed by atoms with Crippen molar-refractivity contribution in [2.45, 2.75) is 70.4 Å². The van der Waals surface area contributed by atoms with E-state index in [-0.39, 0.29) is 18.4 Å². The number of carbonyl (C=O) groups excluding carboxylic acids is 1. The summed E-state index contributed by atoms with van der Waals surface area (Å²) in [7, 11) is 0. The molecule has 1 unspecified atom stereocenters. The number of carbonyl (C=O) groups is 1. The van der Waals surface area contributed by atoms with Crippen molar-refractivity contribution in [3.8, 4) is 0 Å². The molecule has 1 aromatic heterocycles. The molecule has 1 N–H and O–H groups in total. The normalized spacial score (nSPS) is 18.7. The minimum atomic E-state index is -0.841. The van der Waals surface area contributed by atoms with Crippen LogP contribution in [0, 0.1) is 0 Å². The summed E-state index contributed by atoms with van der Waals surface area (Å²) < 4.78 is 0. The fourth-order valence-electron chi connectivity index (χ4n) is 3.61. The first kappa shape index (κ1) is 16.9. The van der Waals surface area contributed by atoms with Crippen LogP contribution < -0.4 is 0 Å². The predicted molar refractivity (Wildman–Crippen MR) is 87.3 cm³/mol. The van der Waals surface area contributed by atoms with Gasteiger partial charge in [-0.1, -0.05) is 26.7 Å². The van der Waals surface area contributed by atoms with Crippen LogP contribution in [-0.4, -0.2) is 33.0 Å². The van der Waals surface area contributed by atoms with Gasteiger partial charge >= 0.3 is 0 Å². The smallest absolute Gasteiger partial charge is 0.225 e. The maximum Gasteiger partial charge on any atom is 0.225 e. The van der Waals surface area contributed by atoms with E-state index >= 15 is 0 Å². The molecule has 0 aromatic carbocycles. The van der Waals surface area contributed by atoms with Crippen LogP contribution in [-0.2, 0) is 4.79 Å². The Hall–Kier alpha value is -1.42. The molecule has 122 valence electrons. The highest BCUT2D eigenvalue weighted by molar-refractivity contribution is 5.78. The minimum absolute atomic E-state index is 0.0868. The molecule has 4 nitrogen and oxygen atoms in total. The lowest BCUT2D eigenvalue weighted by atomic mass is 9.88. The van der Waals surface area contributed by atoms with Crippen LogP contribution in [0.25, 0.3) is 0 Å². The zero-order valence-electron chi connectivity index (χ0n) is 13.8. The molecule has 0 radical (unpaired) electrons. The number of nitrogens with zero attached hydrogens (tertiary/aromatic N) is 2. The van der Waals surface area contributed by atoms with E-state index < -0.39 is 5.60 Å². The van der Waals surface area contributed by atoms with Gasteiger partial charge < -0.3 is 10.0 Å². The summed E-state index contributed by atoms with van der Waals surface area (Å²) in [6.07, 6.45) is 9.02. The molecule has 2 heterocycles. The number of pyridine rings is 1. The number of hydrogen-bond acceptors (Lipinski definition) is 3. The SMILES string of the molecule is CCCC(O)(CCC)CC(=O)N1CCCC1c1ccncc1. The molecular weight excluding hydrogens is 276 g/mol. The second kappa shape index (κ2) is 7.73. The zero-order chi connectivity index (χ0) is 16.0. The molecule has 1 saturated heterocycles. The van der Waals surface area contributed by atoms with Crippen LogP contribution in [0.2, 0.25) is 0 Å². The van der Waals surface area contributed by atoms with Gasteiger partial charge in [0, 0.05) is 18.9 Å². The van der Waals surface area contributed by atoms with Crippen molar-refractivity contribution in [1.29, 1.82) is 0 Å². The topological polar surface area (TPSA) is 53.4 Å². The molecule has 1 atom stereocenters. The summed E-state index contributed by atoms with van der Waals surface area (Å²) in [5.41, 5.74) is 0.307. The molecule has 1 aromatic rings. The summed E-state index contributed by atoms with van der Waals surface area (Å²) in [5, 5.41) is 10.7. The van der Waals surface area contributed by atoms with E-state index in [2.05, 4.69) is 18.8 Å². The Kier molecular flexibility index (Phi) is 5.95. The maximum absolute atomic E-state index is 12.7. The van der Waals surface area contributed by atoms with E-state index in [4.69, 9.17) is 0 Å². The van der Waals surface area contributed by atoms with Crippen molar-refractivity contribution in [3.05, 3.63) is 30.1 Å². The van der Waals surface area contributed by atoms with E-state index in [0.29, 0.717) is 12.8 Å². The molecule has 4 heteroatoms. The molecule has 0 spiro atoms. The largest absolute Gasteiger partial charge is 0.389 e. The third-order valence-corrected chi connectivity index (χ3v) is 4.58. The lowest BCUT2D eigenvalue weighted by molar-refractivity contribution is -0.138. The molecule has 22 heavy (non-hydrogen) atoms. The lowest BCUT2D eigenvalue weighted by Crippen LogP contribution is -2.39. The van der Waals surface area contributed by atoms with Crippen LogP contribution in [0.15, 0.2) is 24.5 Å². The summed E-state index contributed by atoms with van der Waals surface area (Å²) in [5.74, 6) is 0.0868. The minimum Gasteiger partial charge on any atom is -0.389 e. The number of amides is 1. The van der Waals surface area contributed by atoms with E-state index in [1.165, 1.54) is 0 Å². The summed E-state index contributed by atoms with van der Waals surface area (Å²) in [6.45, 7) is 4.90. The average molecular weight is 304 g/mol. The van der Waals surface area contributed by atoms with Crippen molar-refractivity contribution in [3.63, 3.8) is 0 Å². The van der Waals surface area contributed by atoms with Crippen LogP contribution in [0.3, 0.4) is 0 Å². The number of rotatable bonds is 7. The van der Waals surface area contributed by atoms with Crippen molar-refractivity contribution >= 4 is 5.91 Å². The molecule has 1 amide bonds. The van der Waals surface area contributed by atoms with Gasteiger partial charge in [0.25, 0.3) is 0 Å². The van der Waals surface area contributed by atoms with Crippen LogP contribution in [0.4, 0.5) is 0 Å². The fraction of sp³-hybridized carbons (Fsp3) is 0.667. The van der Waals surface area contributed by atoms with Crippen molar-refractivity contribution < 1.29 is 9.90 Å². The quantitative estimate of drug-likeness (QED) is 0.839. The Bertz CT molecular complexity index is 469. The third-order valence-electron chi connectivity index (χ3n) is 4.58. The van der Waals surface area contributed by atoms with Crippen LogP contribution >= 0.6 is 0 Å². The Morgan fingerprint density at radius 3 is 2.55 bits per heavy atom. The maximum atomic E-state index is 12.7. The predicted octanol–water partition coefficient (Wildman–Crippen LogP) is 3.47. The molecule has 2 rings (SSSR count). The van der Waals surface area contributed by atoms with Crippen LogP contribution in [0.1, 0.15) is 70.4 Å². The van der Waals surface area contributed by atoms with E-state index in [1.54, 1.807) is 12.4 Å². The standard InChI is InChI=1S/C18H28N2O2/c1-3-9-18(22,10-4-2)14-17(21)20-13-5-6-16(20)15-7-11-19-12-8-15/h7-8,11-12,16,22H,3-6,9-10,13-14H2,1-2H3. The monoisotopic (exact) mass is 304 g/mol. The summed E-state index contributed by atoms with van der Waals surface area (Å²) in [4.78, 5) is 18.7. The summed E-state index contributed by atoms with van der Waals surface area (Å²) >= 11 is 0. The molecule has 1 aliphatic rings. The zero-order valence-corrected chi connectivity index (χ0v) is 13.8. The van der Waals surface area contributed by atoms with Gasteiger partial charge in [0.2, 0.25) is 5.91 Å². The van der Waals surface area contributed by atoms with Gasteiger partial charge in [-0.05, 0) is 43.4 Å². The van der Waals surface area contributed by atoms with Crippen LogP contribution in [0.5, 0.6) is 0 Å². The van der Waals surface area contributed by atoms with Crippen molar-refractivity contribution in [2.24, 2.45) is 0 Å². The highest BCUT2D eigenvalue weighted by atomic mass is 16.3. The molecule has 1 aliphatic heterocycles. The average Bonchev–Trinajstić information content (AvgIpc) is 2.98. The Labute approximate surface area is 133 Å². The molecule has 0 bridgehead atoms. The molecular formula is C18H28N2O2. The lowest BCUT2D eigenvalue weighted by Gasteiger charge is -2.31. The van der Waals surface area contributed by atoms with Crippen molar-refractivity contribution in [2.75, 3.05) is 6.54 Å². The molecule has 1 fully saturated rings. The van der Waals surface area contributed by atoms with Gasteiger partial charge in [0.15, 0.2) is 0 Å². The Morgan fingerprint density at radius 2 is 1.95 bits per heavy atom. The number of hydrogen-bond donors (Lipinski definition) is 1. The van der Waals surface area contributed by atoms with Gasteiger partial charge in [-0.2, -0.15) is 0 Å². The van der Waals surface area contributed by atoms with Gasteiger partial charge in [0.1, 0.15) is 0 Å². The second-order valence-corrected chi connectivity index (χ2v) is 6.43. The fourth-order valence-corrected chi connectivity index (χ4v) is 3.61. The van der Waals surface area contributed by atoms with Gasteiger partial charge in [0.05, 0.1) is 18.1 Å². The van der Waals surface area contributed by atoms with Gasteiger partial charge in [-0.25, -0.2) is 0 Å². The highest BCUT2D eigenvalue weighted by Crippen LogP contribution is 2.34. The van der Waals surface area contributed by atoms with E-state index in [1.807, 2.05) is 17.0 Å². The van der Waals surface area contributed by atoms with Gasteiger partial charge in [-0.15, -0.1) is 0 Å². The van der Waals surface area contributed by atoms with E-state index in [9.17, 15) is 9.90 Å². The van der Waals surface area contributed by atoms with Gasteiger partial charge in [-0.3, -0.25) is 9.78 Å². The number of aromatic nitrogens is 1. The number of likely N-dealkylation sites (tertiary alicyclic amines) is 1. The summed E-state index contributed by atoms with van der Waals surface area (Å²) in [6, 6.07) is 4.11. The second-order valence-electron chi connectivity index (χ2n) is 6.43. The third kappa shape index (κ3) is 4.07.